The molecule has 0 fully saturated rings. The summed E-state index contributed by atoms with van der Waals surface area (Å²) in [5.74, 6) is -0.466. The first-order valence-corrected chi connectivity index (χ1v) is 7.84. The fourth-order valence-corrected chi connectivity index (χ4v) is 2.28. The molecule has 0 aliphatic heterocycles. The van der Waals surface area contributed by atoms with Gasteiger partial charge in [0.2, 0.25) is 5.91 Å². The fraction of sp³-hybridized carbons (Fsp3) is 0.429. The van der Waals surface area contributed by atoms with Gasteiger partial charge in [-0.05, 0) is 19.9 Å². The maximum absolute atomic E-state index is 12.1. The van der Waals surface area contributed by atoms with Crippen molar-refractivity contribution in [3.8, 4) is 5.75 Å². The second kappa shape index (κ2) is 8.99. The molecule has 1 atom stereocenters. The highest BCUT2D eigenvalue weighted by atomic mass is 32.2. The summed E-state index contributed by atoms with van der Waals surface area (Å²) in [6.07, 6.45) is 0. The summed E-state index contributed by atoms with van der Waals surface area (Å²) in [5.41, 5.74) is 0.191. The molecule has 1 N–H and O–H groups in total. The summed E-state index contributed by atoms with van der Waals surface area (Å²) in [7, 11) is 1.35. The van der Waals surface area contributed by atoms with Crippen LogP contribution in [0.5, 0.6) is 5.75 Å². The van der Waals surface area contributed by atoms with E-state index in [1.54, 1.807) is 13.8 Å². The summed E-state index contributed by atoms with van der Waals surface area (Å²) in [6.45, 7) is 3.65. The molecule has 0 spiro atoms. The van der Waals surface area contributed by atoms with Crippen LogP contribution in [0.4, 0.5) is 11.4 Å². The third kappa shape index (κ3) is 5.78. The predicted molar refractivity (Wildman–Crippen MR) is 86.8 cm³/mol. The lowest BCUT2D eigenvalue weighted by molar-refractivity contribution is -0.384. The second-order valence-electron chi connectivity index (χ2n) is 4.39. The Morgan fingerprint density at radius 2 is 2.13 bits per heavy atom. The third-order valence-electron chi connectivity index (χ3n) is 2.78. The lowest BCUT2D eigenvalue weighted by Crippen LogP contribution is -2.24. The number of nitro groups is 1. The Kier molecular flexibility index (Phi) is 7.33. The van der Waals surface area contributed by atoms with Crippen LogP contribution < -0.4 is 10.1 Å². The molecule has 0 radical (unpaired) electrons. The van der Waals surface area contributed by atoms with Crippen molar-refractivity contribution in [3.63, 3.8) is 0 Å². The van der Waals surface area contributed by atoms with Crippen molar-refractivity contribution in [2.45, 2.75) is 19.1 Å². The van der Waals surface area contributed by atoms with Crippen molar-refractivity contribution in [2.75, 3.05) is 24.8 Å². The van der Waals surface area contributed by atoms with Gasteiger partial charge in [-0.2, -0.15) is 0 Å². The SMILES string of the molecule is CCOC(=O)CS[C@H](C)C(=O)Nc1ccc([N+](=O)[O-])cc1OC. The quantitative estimate of drug-likeness (QED) is 0.438. The van der Waals surface area contributed by atoms with Crippen LogP contribution in [0.15, 0.2) is 18.2 Å². The van der Waals surface area contributed by atoms with Gasteiger partial charge < -0.3 is 14.8 Å². The van der Waals surface area contributed by atoms with Crippen molar-refractivity contribution in [2.24, 2.45) is 0 Å². The highest BCUT2D eigenvalue weighted by molar-refractivity contribution is 8.01. The molecule has 0 saturated carbocycles. The zero-order chi connectivity index (χ0) is 17.4. The monoisotopic (exact) mass is 342 g/mol. The summed E-state index contributed by atoms with van der Waals surface area (Å²) in [4.78, 5) is 33.5. The number of rotatable bonds is 8. The number of amides is 1. The van der Waals surface area contributed by atoms with Crippen LogP contribution in [0.2, 0.25) is 0 Å². The average Bonchev–Trinajstić information content (AvgIpc) is 2.52. The van der Waals surface area contributed by atoms with Crippen LogP contribution in [0, 0.1) is 10.1 Å². The minimum absolute atomic E-state index is 0.0693. The van der Waals surface area contributed by atoms with Crippen molar-refractivity contribution in [1.82, 2.24) is 0 Å². The van der Waals surface area contributed by atoms with Gasteiger partial charge in [-0.3, -0.25) is 19.7 Å². The molecule has 0 bridgehead atoms. The van der Waals surface area contributed by atoms with E-state index in [0.717, 1.165) is 11.8 Å². The van der Waals surface area contributed by atoms with E-state index in [-0.39, 0.29) is 29.1 Å². The zero-order valence-corrected chi connectivity index (χ0v) is 13.8. The van der Waals surface area contributed by atoms with Crippen molar-refractivity contribution in [3.05, 3.63) is 28.3 Å². The first kappa shape index (κ1) is 18.8. The average molecular weight is 342 g/mol. The maximum Gasteiger partial charge on any atom is 0.315 e. The van der Waals surface area contributed by atoms with E-state index in [9.17, 15) is 19.7 Å². The van der Waals surface area contributed by atoms with E-state index < -0.39 is 10.2 Å². The molecule has 1 aromatic rings. The molecule has 0 aromatic heterocycles. The molecule has 23 heavy (non-hydrogen) atoms. The molecular weight excluding hydrogens is 324 g/mol. The molecule has 0 aliphatic rings. The molecular formula is C14H18N2O6S. The molecule has 0 saturated heterocycles. The van der Waals surface area contributed by atoms with Crippen LogP contribution in [0.1, 0.15) is 13.8 Å². The number of non-ortho nitro benzene ring substituents is 1. The Morgan fingerprint density at radius 3 is 2.70 bits per heavy atom. The number of carbonyl (C=O) groups excluding carboxylic acids is 2. The van der Waals surface area contributed by atoms with E-state index in [4.69, 9.17) is 9.47 Å². The third-order valence-corrected chi connectivity index (χ3v) is 3.90. The number of ether oxygens (including phenoxy) is 2. The molecule has 0 aliphatic carbocycles. The van der Waals surface area contributed by atoms with Crippen LogP contribution >= 0.6 is 11.8 Å². The van der Waals surface area contributed by atoms with E-state index >= 15 is 0 Å². The van der Waals surface area contributed by atoms with Crippen LogP contribution in [-0.4, -0.2) is 41.5 Å². The van der Waals surface area contributed by atoms with Gasteiger partial charge >= 0.3 is 5.97 Å². The molecule has 0 heterocycles. The molecule has 0 unspecified atom stereocenters. The number of hydrogen-bond acceptors (Lipinski definition) is 7. The van der Waals surface area contributed by atoms with Crippen molar-refractivity contribution < 1.29 is 24.0 Å². The second-order valence-corrected chi connectivity index (χ2v) is 5.72. The van der Waals surface area contributed by atoms with Gasteiger partial charge in [-0.15, -0.1) is 11.8 Å². The Morgan fingerprint density at radius 1 is 1.43 bits per heavy atom. The smallest absolute Gasteiger partial charge is 0.315 e. The van der Waals surface area contributed by atoms with Gasteiger partial charge in [0.1, 0.15) is 5.75 Å². The normalized spacial score (nSPS) is 11.4. The number of nitro benzene ring substituents is 1. The van der Waals surface area contributed by atoms with E-state index in [0.29, 0.717) is 12.3 Å². The number of benzene rings is 1. The van der Waals surface area contributed by atoms with Crippen LogP contribution in [-0.2, 0) is 14.3 Å². The number of thioether (sulfide) groups is 1. The highest BCUT2D eigenvalue weighted by Gasteiger charge is 2.18. The Bertz CT molecular complexity index is 593. The summed E-state index contributed by atoms with van der Waals surface area (Å²) >= 11 is 1.14. The van der Waals surface area contributed by atoms with Gasteiger partial charge in [-0.25, -0.2) is 0 Å². The molecule has 8 nitrogen and oxygen atoms in total. The van der Waals surface area contributed by atoms with Gasteiger partial charge in [0.25, 0.3) is 5.69 Å². The standard InChI is InChI=1S/C14H18N2O6S/c1-4-22-13(17)8-23-9(2)14(18)15-11-6-5-10(16(19)20)7-12(11)21-3/h5-7,9H,4,8H2,1-3H3,(H,15,18)/t9-/m1/s1. The van der Waals surface area contributed by atoms with E-state index in [1.165, 1.54) is 25.3 Å². The number of nitrogens with one attached hydrogen (secondary N) is 1. The van der Waals surface area contributed by atoms with Crippen LogP contribution in [0.25, 0.3) is 0 Å². The molecule has 1 aromatic carbocycles. The van der Waals surface area contributed by atoms with Gasteiger partial charge in [0.15, 0.2) is 0 Å². The van der Waals surface area contributed by atoms with Crippen molar-refractivity contribution in [1.29, 1.82) is 0 Å². The predicted octanol–water partition coefficient (Wildman–Crippen LogP) is 2.23. The lowest BCUT2D eigenvalue weighted by atomic mass is 10.2. The molecule has 1 rings (SSSR count). The summed E-state index contributed by atoms with van der Waals surface area (Å²) in [5, 5.41) is 12.9. The summed E-state index contributed by atoms with van der Waals surface area (Å²) < 4.78 is 9.83. The number of carbonyl (C=O) groups is 2. The Balaban J connectivity index is 2.69. The number of anilines is 1. The topological polar surface area (TPSA) is 108 Å². The number of methoxy groups -OCH3 is 1. The number of nitrogens with zero attached hydrogens (tertiary/aromatic N) is 1. The Labute approximate surface area is 137 Å². The highest BCUT2D eigenvalue weighted by Crippen LogP contribution is 2.29. The van der Waals surface area contributed by atoms with E-state index in [2.05, 4.69) is 5.32 Å². The first-order valence-electron chi connectivity index (χ1n) is 6.79. The largest absolute Gasteiger partial charge is 0.494 e. The fourth-order valence-electron chi connectivity index (χ4n) is 1.60. The first-order chi connectivity index (χ1) is 10.9. The molecule has 126 valence electrons. The lowest BCUT2D eigenvalue weighted by Gasteiger charge is -2.13. The minimum Gasteiger partial charge on any atom is -0.494 e. The Hall–Kier alpha value is -2.29. The van der Waals surface area contributed by atoms with E-state index in [1.807, 2.05) is 0 Å². The summed E-state index contributed by atoms with van der Waals surface area (Å²) in [6, 6.07) is 3.90. The number of hydrogen-bond donors (Lipinski definition) is 1. The number of esters is 1. The molecule has 1 amide bonds. The van der Waals surface area contributed by atoms with Gasteiger partial charge in [0.05, 0.1) is 41.4 Å². The van der Waals surface area contributed by atoms with Crippen LogP contribution in [0.3, 0.4) is 0 Å². The molecule has 9 heteroatoms. The van der Waals surface area contributed by atoms with Crippen molar-refractivity contribution >= 4 is 35.0 Å². The minimum atomic E-state index is -0.550. The van der Waals surface area contributed by atoms with Gasteiger partial charge in [0, 0.05) is 6.07 Å². The van der Waals surface area contributed by atoms with Gasteiger partial charge in [-0.1, -0.05) is 0 Å². The maximum atomic E-state index is 12.1. The zero-order valence-electron chi connectivity index (χ0n) is 13.0.